The number of rotatable bonds is 8. The second-order valence-corrected chi connectivity index (χ2v) is 8.03. The van der Waals surface area contributed by atoms with Gasteiger partial charge in [-0.2, -0.15) is 0 Å². The van der Waals surface area contributed by atoms with Crippen molar-refractivity contribution in [1.29, 1.82) is 0 Å². The zero-order valence-corrected chi connectivity index (χ0v) is 36.5. The van der Waals surface area contributed by atoms with E-state index in [1.165, 1.54) is 55.4 Å². The Hall–Kier alpha value is -4.32. The number of aliphatic hydroxyl groups excluding tert-OH is 2. The number of aliphatic hydroxyl groups is 2. The fourth-order valence-corrected chi connectivity index (χ4v) is 1.63. The van der Waals surface area contributed by atoms with Crippen LogP contribution in [0.4, 0.5) is 0 Å². The summed E-state index contributed by atoms with van der Waals surface area (Å²) in [5.74, 6) is -1.69. The summed E-state index contributed by atoms with van der Waals surface area (Å²) in [6, 6.07) is 0. The van der Waals surface area contributed by atoms with Crippen LogP contribution in [0.1, 0.15) is 125 Å². The topological polar surface area (TPSA) is 251 Å². The van der Waals surface area contributed by atoms with E-state index in [0.717, 1.165) is 0 Å². The number of hydrogen-bond donors (Lipinski definition) is 2. The van der Waals surface area contributed by atoms with Gasteiger partial charge in [-0.1, -0.05) is 0 Å². The number of carbonyl (C=O) groups excluding carboxylic acids is 8. The SMILES string of the molecule is CCO.CCO.CCOC(C)=O.CCOC(C)=O.CCOC(C)=O.CCOC(C)=O.CCOC(C)=O.CCOC(C)=O.CCOC(C)=O.CCOC(C)=O. The van der Waals surface area contributed by atoms with E-state index in [9.17, 15) is 38.4 Å². The first-order valence-corrected chi connectivity index (χ1v) is 17.3. The van der Waals surface area contributed by atoms with Gasteiger partial charge in [0.15, 0.2) is 0 Å². The predicted molar refractivity (Wildman–Crippen MR) is 204 cm³/mol. The standard InChI is InChI=1S/8C4H8O2.2C2H6O/c8*1-3-6-4(2)5;2*1-2-3/h8*3H2,1-2H3;2*3H,2H2,1H3. The molecule has 0 fully saturated rings. The number of ether oxygens (including phenoxy) is 8. The van der Waals surface area contributed by atoms with Gasteiger partial charge in [0.1, 0.15) is 0 Å². The first-order valence-electron chi connectivity index (χ1n) is 17.3. The van der Waals surface area contributed by atoms with E-state index in [2.05, 4.69) is 37.9 Å². The molecule has 18 heteroatoms. The van der Waals surface area contributed by atoms with E-state index in [1.54, 1.807) is 69.2 Å². The second-order valence-electron chi connectivity index (χ2n) is 8.03. The lowest BCUT2D eigenvalue weighted by molar-refractivity contribution is -0.141. The molecule has 0 aliphatic carbocycles. The summed E-state index contributed by atoms with van der Waals surface area (Å²) in [6.07, 6.45) is 0. The molecule has 0 aromatic heterocycles. The first kappa shape index (κ1) is 74.8. The molecule has 0 saturated heterocycles. The van der Waals surface area contributed by atoms with Crippen LogP contribution in [0.3, 0.4) is 0 Å². The van der Waals surface area contributed by atoms with Gasteiger partial charge < -0.3 is 48.1 Å². The maximum Gasteiger partial charge on any atom is 0.302 e. The Morgan fingerprint density at radius 3 is 0.315 bits per heavy atom. The van der Waals surface area contributed by atoms with Crippen molar-refractivity contribution in [3.05, 3.63) is 0 Å². The average molecular weight is 797 g/mol. The summed E-state index contributed by atoms with van der Waals surface area (Å²) in [7, 11) is 0. The van der Waals surface area contributed by atoms with Gasteiger partial charge in [0.05, 0.1) is 52.9 Å². The Balaban J connectivity index is -0.0000000501. The van der Waals surface area contributed by atoms with Crippen LogP contribution in [-0.4, -0.2) is 124 Å². The van der Waals surface area contributed by atoms with E-state index in [0.29, 0.717) is 52.9 Å². The maximum absolute atomic E-state index is 9.82. The van der Waals surface area contributed by atoms with Crippen molar-refractivity contribution in [3.8, 4) is 0 Å². The second kappa shape index (κ2) is 77.9. The minimum absolute atomic E-state index is 0.211. The Morgan fingerprint density at radius 2 is 0.315 bits per heavy atom. The van der Waals surface area contributed by atoms with Crippen molar-refractivity contribution in [2.24, 2.45) is 0 Å². The molecule has 0 rings (SSSR count). The molecule has 0 atom stereocenters. The van der Waals surface area contributed by atoms with E-state index < -0.39 is 0 Å². The number of carbonyl (C=O) groups is 8. The van der Waals surface area contributed by atoms with Crippen LogP contribution in [-0.2, 0) is 76.3 Å². The van der Waals surface area contributed by atoms with Crippen LogP contribution in [0.2, 0.25) is 0 Å². The van der Waals surface area contributed by atoms with Gasteiger partial charge in [-0.05, 0) is 69.2 Å². The Bertz CT molecular complexity index is 621. The monoisotopic (exact) mass is 797 g/mol. The molecule has 0 aliphatic heterocycles. The molecule has 0 heterocycles. The third kappa shape index (κ3) is 268. The lowest BCUT2D eigenvalue weighted by Crippen LogP contribution is -1.95. The molecule has 54 heavy (non-hydrogen) atoms. The fourth-order valence-electron chi connectivity index (χ4n) is 1.63. The van der Waals surface area contributed by atoms with Gasteiger partial charge >= 0.3 is 47.8 Å². The average Bonchev–Trinajstić information content (AvgIpc) is 3.00. The van der Waals surface area contributed by atoms with Gasteiger partial charge in [-0.3, -0.25) is 38.4 Å². The van der Waals surface area contributed by atoms with Crippen LogP contribution in [0.25, 0.3) is 0 Å². The van der Waals surface area contributed by atoms with E-state index >= 15 is 0 Å². The molecule has 0 spiro atoms. The van der Waals surface area contributed by atoms with E-state index in [4.69, 9.17) is 10.2 Å². The van der Waals surface area contributed by atoms with E-state index in [-0.39, 0.29) is 61.0 Å². The predicted octanol–water partition coefficient (Wildman–Crippen LogP) is 4.55. The highest BCUT2D eigenvalue weighted by Crippen LogP contribution is 1.73. The molecular weight excluding hydrogens is 720 g/mol. The highest BCUT2D eigenvalue weighted by molar-refractivity contribution is 5.67. The number of hydrogen-bond acceptors (Lipinski definition) is 18. The van der Waals surface area contributed by atoms with Gasteiger partial charge in [0.2, 0.25) is 0 Å². The van der Waals surface area contributed by atoms with Crippen LogP contribution in [0.5, 0.6) is 0 Å². The Labute approximate surface area is 324 Å². The molecule has 18 nitrogen and oxygen atoms in total. The molecule has 0 aromatic carbocycles. The van der Waals surface area contributed by atoms with Gasteiger partial charge in [0.25, 0.3) is 0 Å². The summed E-state index contributed by atoms with van der Waals surface area (Å²) in [6.45, 7) is 33.1. The molecule has 0 radical (unpaired) electrons. The number of esters is 8. The quantitative estimate of drug-likeness (QED) is 0.252. The van der Waals surface area contributed by atoms with Gasteiger partial charge in [-0.25, -0.2) is 0 Å². The summed E-state index contributed by atoms with van der Waals surface area (Å²) >= 11 is 0. The largest absolute Gasteiger partial charge is 0.466 e. The molecule has 0 bridgehead atoms. The highest BCUT2D eigenvalue weighted by Gasteiger charge is 1.85. The summed E-state index contributed by atoms with van der Waals surface area (Å²) in [5, 5.41) is 15.1. The fraction of sp³-hybridized carbons (Fsp3) is 0.778. The highest BCUT2D eigenvalue weighted by atomic mass is 16.6. The van der Waals surface area contributed by atoms with Crippen LogP contribution < -0.4 is 0 Å². The minimum atomic E-state index is -0.211. The minimum Gasteiger partial charge on any atom is -0.466 e. The molecule has 2 N–H and O–H groups in total. The van der Waals surface area contributed by atoms with Crippen molar-refractivity contribution in [2.45, 2.75) is 125 Å². The smallest absolute Gasteiger partial charge is 0.302 e. The zero-order chi connectivity index (χ0) is 45.3. The van der Waals surface area contributed by atoms with Crippen molar-refractivity contribution in [1.82, 2.24) is 0 Å². The van der Waals surface area contributed by atoms with Crippen LogP contribution >= 0.6 is 0 Å². The van der Waals surface area contributed by atoms with Crippen molar-refractivity contribution >= 4 is 47.8 Å². The molecule has 328 valence electrons. The molecule has 0 saturated carbocycles. The molecule has 0 aliphatic rings. The third-order valence-corrected chi connectivity index (χ3v) is 2.78. The molecule has 0 unspecified atom stereocenters. The molecule has 0 amide bonds. The lowest BCUT2D eigenvalue weighted by atomic mass is 10.8. The summed E-state index contributed by atoms with van der Waals surface area (Å²) < 4.78 is 35.2. The summed E-state index contributed by atoms with van der Waals surface area (Å²) in [5.41, 5.74) is 0. The maximum atomic E-state index is 9.82. The molecular formula is C36H76O18. The van der Waals surface area contributed by atoms with Crippen LogP contribution in [0.15, 0.2) is 0 Å². The van der Waals surface area contributed by atoms with Gasteiger partial charge in [-0.15, -0.1) is 0 Å². The van der Waals surface area contributed by atoms with E-state index in [1.807, 2.05) is 0 Å². The van der Waals surface area contributed by atoms with Crippen molar-refractivity contribution in [3.63, 3.8) is 0 Å². The normalized spacial score (nSPS) is 7.48. The Kier molecular flexibility index (Phi) is 108. The lowest BCUT2D eigenvalue weighted by Gasteiger charge is -1.89. The van der Waals surface area contributed by atoms with Crippen LogP contribution in [0, 0.1) is 0 Å². The Morgan fingerprint density at radius 1 is 0.259 bits per heavy atom. The summed E-state index contributed by atoms with van der Waals surface area (Å²) in [4.78, 5) is 78.6. The molecule has 0 aromatic rings. The first-order chi connectivity index (χ1) is 25.0. The third-order valence-electron chi connectivity index (χ3n) is 2.78. The van der Waals surface area contributed by atoms with Crippen molar-refractivity contribution < 1.29 is 86.5 Å². The zero-order valence-electron chi connectivity index (χ0n) is 36.5. The van der Waals surface area contributed by atoms with Gasteiger partial charge in [0, 0.05) is 68.6 Å². The van der Waals surface area contributed by atoms with Crippen molar-refractivity contribution in [2.75, 3.05) is 66.1 Å².